The smallest absolute Gasteiger partial charge is 0.417 e. The maximum atomic E-state index is 12.2. The second-order valence-corrected chi connectivity index (χ2v) is 6.35. The molecule has 0 saturated heterocycles. The lowest BCUT2D eigenvalue weighted by Gasteiger charge is -2.27. The van der Waals surface area contributed by atoms with Gasteiger partial charge >= 0.3 is 6.09 Å². The molecule has 3 aromatic rings. The van der Waals surface area contributed by atoms with Crippen LogP contribution >= 0.6 is 11.3 Å². The van der Waals surface area contributed by atoms with Crippen LogP contribution in [-0.4, -0.2) is 23.1 Å². The van der Waals surface area contributed by atoms with Gasteiger partial charge in [-0.05, 0) is 29.6 Å². The molecule has 0 fully saturated rings. The van der Waals surface area contributed by atoms with Crippen LogP contribution in [0.2, 0.25) is 0 Å². The summed E-state index contributed by atoms with van der Waals surface area (Å²) in [5, 5.41) is 3.00. The van der Waals surface area contributed by atoms with Gasteiger partial charge in [-0.3, -0.25) is 4.90 Å². The predicted octanol–water partition coefficient (Wildman–Crippen LogP) is 3.82. The van der Waals surface area contributed by atoms with Gasteiger partial charge in [0.25, 0.3) is 0 Å². The van der Waals surface area contributed by atoms with Crippen molar-refractivity contribution in [2.45, 2.75) is 13.1 Å². The highest BCUT2D eigenvalue weighted by Gasteiger charge is 2.26. The maximum Gasteiger partial charge on any atom is 0.417 e. The number of rotatable bonds is 3. The highest BCUT2D eigenvalue weighted by atomic mass is 32.1. The van der Waals surface area contributed by atoms with Crippen molar-refractivity contribution in [3.63, 3.8) is 0 Å². The molecule has 116 valence electrons. The number of thiophene rings is 1. The highest BCUT2D eigenvalue weighted by Crippen LogP contribution is 2.30. The van der Waals surface area contributed by atoms with Crippen LogP contribution in [0.15, 0.2) is 41.8 Å². The van der Waals surface area contributed by atoms with Crippen LogP contribution in [0.5, 0.6) is 11.6 Å². The number of ether oxygens (including phenoxy) is 2. The third-order valence-corrected chi connectivity index (χ3v) is 4.66. The summed E-state index contributed by atoms with van der Waals surface area (Å²) in [5.41, 5.74) is 1.67. The fourth-order valence-corrected chi connectivity index (χ4v) is 3.35. The Hall–Kier alpha value is -2.60. The van der Waals surface area contributed by atoms with Crippen LogP contribution in [-0.2, 0) is 13.1 Å². The first-order valence-corrected chi connectivity index (χ1v) is 8.08. The Balaban J connectivity index is 1.68. The Labute approximate surface area is 137 Å². The first-order chi connectivity index (χ1) is 11.2. The fraction of sp³-hybridized carbons (Fsp3) is 0.176. The molecule has 0 spiro atoms. The molecule has 6 heteroatoms. The van der Waals surface area contributed by atoms with Crippen molar-refractivity contribution in [2.24, 2.45) is 0 Å². The van der Waals surface area contributed by atoms with Crippen LogP contribution in [0, 0.1) is 0 Å². The molecule has 0 radical (unpaired) electrons. The zero-order valence-electron chi connectivity index (χ0n) is 12.5. The van der Waals surface area contributed by atoms with E-state index in [2.05, 4.69) is 4.98 Å². The lowest BCUT2D eigenvalue weighted by molar-refractivity contribution is 0.133. The molecule has 0 aliphatic carbocycles. The molecule has 1 aromatic carbocycles. The van der Waals surface area contributed by atoms with E-state index in [9.17, 15) is 4.79 Å². The zero-order chi connectivity index (χ0) is 15.8. The van der Waals surface area contributed by atoms with E-state index in [4.69, 9.17) is 9.47 Å². The van der Waals surface area contributed by atoms with Crippen molar-refractivity contribution in [2.75, 3.05) is 7.11 Å². The molecule has 4 rings (SSSR count). The van der Waals surface area contributed by atoms with Gasteiger partial charge in [-0.25, -0.2) is 9.78 Å². The van der Waals surface area contributed by atoms with Crippen LogP contribution in [0.1, 0.15) is 10.4 Å². The van der Waals surface area contributed by atoms with Crippen LogP contribution in [0.3, 0.4) is 0 Å². The van der Waals surface area contributed by atoms with Crippen molar-refractivity contribution < 1.29 is 14.3 Å². The average molecular weight is 326 g/mol. The molecular formula is C17H14N2O3S. The molecule has 0 bridgehead atoms. The number of nitrogens with zero attached hydrogens (tertiary/aromatic N) is 2. The molecular weight excluding hydrogens is 312 g/mol. The number of aromatic nitrogens is 1. The number of hydrogen-bond acceptors (Lipinski definition) is 5. The standard InChI is InChI=1S/C17H14N2O3S/c1-21-13-5-4-11-7-12-9-19(10-14-3-2-6-23-14)17(20)22-16(12)18-15(11)8-13/h2-8H,9-10H2,1H3. The van der Waals surface area contributed by atoms with Gasteiger partial charge < -0.3 is 9.47 Å². The summed E-state index contributed by atoms with van der Waals surface area (Å²) < 4.78 is 10.6. The monoisotopic (exact) mass is 326 g/mol. The number of hydrogen-bond donors (Lipinski definition) is 0. The third-order valence-electron chi connectivity index (χ3n) is 3.79. The number of benzene rings is 1. The van der Waals surface area contributed by atoms with Crippen LogP contribution < -0.4 is 9.47 Å². The Bertz CT molecular complexity index is 877. The van der Waals surface area contributed by atoms with E-state index in [-0.39, 0.29) is 6.09 Å². The largest absolute Gasteiger partial charge is 0.497 e. The SMILES string of the molecule is COc1ccc2cc3c(nc2c1)OC(=O)N(Cc1cccs1)C3. The number of pyridine rings is 1. The summed E-state index contributed by atoms with van der Waals surface area (Å²) >= 11 is 1.63. The van der Waals surface area contributed by atoms with Crippen molar-refractivity contribution in [1.82, 2.24) is 9.88 Å². The molecule has 1 amide bonds. The molecule has 1 aliphatic rings. The van der Waals surface area contributed by atoms with Gasteiger partial charge in [0.05, 0.1) is 25.7 Å². The number of carbonyl (C=O) groups excluding carboxylic acids is 1. The van der Waals surface area contributed by atoms with Crippen molar-refractivity contribution in [3.8, 4) is 11.6 Å². The molecule has 5 nitrogen and oxygen atoms in total. The van der Waals surface area contributed by atoms with E-state index < -0.39 is 0 Å². The Kier molecular flexibility index (Phi) is 3.38. The number of carbonyl (C=O) groups is 1. The topological polar surface area (TPSA) is 51.7 Å². The van der Waals surface area contributed by atoms with Gasteiger partial charge in [0, 0.05) is 21.9 Å². The number of amides is 1. The maximum absolute atomic E-state index is 12.2. The van der Waals surface area contributed by atoms with E-state index >= 15 is 0 Å². The molecule has 0 unspecified atom stereocenters. The van der Waals surface area contributed by atoms with E-state index in [1.807, 2.05) is 41.8 Å². The summed E-state index contributed by atoms with van der Waals surface area (Å²) in [7, 11) is 1.61. The normalized spacial score (nSPS) is 13.8. The Morgan fingerprint density at radius 3 is 3.04 bits per heavy atom. The molecule has 3 heterocycles. The average Bonchev–Trinajstić information content (AvgIpc) is 3.06. The first-order valence-electron chi connectivity index (χ1n) is 7.20. The quantitative estimate of drug-likeness (QED) is 0.734. The molecule has 23 heavy (non-hydrogen) atoms. The summed E-state index contributed by atoms with van der Waals surface area (Å²) in [6.07, 6.45) is -0.361. The van der Waals surface area contributed by atoms with Crippen molar-refractivity contribution in [1.29, 1.82) is 0 Å². The summed E-state index contributed by atoms with van der Waals surface area (Å²) in [6.45, 7) is 1.05. The number of methoxy groups -OCH3 is 1. The molecule has 1 aliphatic heterocycles. The minimum absolute atomic E-state index is 0.361. The van der Waals surface area contributed by atoms with E-state index in [0.717, 1.165) is 27.1 Å². The van der Waals surface area contributed by atoms with E-state index in [1.54, 1.807) is 23.3 Å². The van der Waals surface area contributed by atoms with Crippen molar-refractivity contribution >= 4 is 28.3 Å². The lowest BCUT2D eigenvalue weighted by Crippen LogP contribution is -2.36. The van der Waals surface area contributed by atoms with Gasteiger partial charge in [0.15, 0.2) is 0 Å². The van der Waals surface area contributed by atoms with Gasteiger partial charge in [0.1, 0.15) is 5.75 Å². The summed E-state index contributed by atoms with van der Waals surface area (Å²) in [4.78, 5) is 19.5. The third kappa shape index (κ3) is 2.61. The predicted molar refractivity (Wildman–Crippen MR) is 87.9 cm³/mol. The van der Waals surface area contributed by atoms with Gasteiger partial charge in [-0.1, -0.05) is 6.07 Å². The first kappa shape index (κ1) is 14.0. The molecule has 0 saturated carbocycles. The highest BCUT2D eigenvalue weighted by molar-refractivity contribution is 7.09. The summed E-state index contributed by atoms with van der Waals surface area (Å²) in [6, 6.07) is 11.7. The lowest BCUT2D eigenvalue weighted by atomic mass is 10.1. The van der Waals surface area contributed by atoms with E-state index in [1.165, 1.54) is 0 Å². The van der Waals surface area contributed by atoms with Gasteiger partial charge in [-0.15, -0.1) is 11.3 Å². The second kappa shape index (κ2) is 5.55. The van der Waals surface area contributed by atoms with Crippen LogP contribution in [0.4, 0.5) is 4.79 Å². The van der Waals surface area contributed by atoms with Crippen LogP contribution in [0.25, 0.3) is 10.9 Å². The summed E-state index contributed by atoms with van der Waals surface area (Å²) in [5.74, 6) is 1.12. The molecule has 2 aromatic heterocycles. The molecule has 0 atom stereocenters. The number of fused-ring (bicyclic) bond motifs is 2. The molecule has 0 N–H and O–H groups in total. The minimum Gasteiger partial charge on any atom is -0.497 e. The second-order valence-electron chi connectivity index (χ2n) is 5.31. The van der Waals surface area contributed by atoms with Crippen molar-refractivity contribution in [3.05, 3.63) is 52.2 Å². The minimum atomic E-state index is -0.361. The zero-order valence-corrected chi connectivity index (χ0v) is 13.3. The Morgan fingerprint density at radius 1 is 1.35 bits per heavy atom. The fourth-order valence-electron chi connectivity index (χ4n) is 2.63. The van der Waals surface area contributed by atoms with Gasteiger partial charge in [0.2, 0.25) is 5.88 Å². The van der Waals surface area contributed by atoms with Gasteiger partial charge in [-0.2, -0.15) is 0 Å². The Morgan fingerprint density at radius 2 is 2.26 bits per heavy atom. The van der Waals surface area contributed by atoms with E-state index in [0.29, 0.717) is 19.0 Å².